The molecule has 0 aromatic heterocycles. The van der Waals surface area contributed by atoms with Crippen LogP contribution >= 0.6 is 12.2 Å². The molecule has 0 atom stereocenters. The number of hydrogen-bond acceptors (Lipinski definition) is 5. The summed E-state index contributed by atoms with van der Waals surface area (Å²) in [5, 5.41) is 8.47. The van der Waals surface area contributed by atoms with E-state index in [2.05, 4.69) is 21.7 Å². The van der Waals surface area contributed by atoms with Gasteiger partial charge in [-0.1, -0.05) is 25.5 Å². The third-order valence-electron chi connectivity index (χ3n) is 2.68. The Kier molecular flexibility index (Phi) is 7.18. The summed E-state index contributed by atoms with van der Waals surface area (Å²) >= 11 is 5.18. The van der Waals surface area contributed by atoms with Crippen LogP contribution in [0.25, 0.3) is 0 Å². The molecule has 0 saturated carbocycles. The molecule has 22 heavy (non-hydrogen) atoms. The van der Waals surface area contributed by atoms with Gasteiger partial charge in [0.2, 0.25) is 5.78 Å². The van der Waals surface area contributed by atoms with Gasteiger partial charge in [0.15, 0.2) is 5.11 Å². The standard InChI is InChI=1S/C15H19N3O3S/c1-4-6-7-8-11-14(20)12(10-13(19)21-3)18(17-11)15(22)16-9-5-2/h5,7-8,10H,2,4,6,9H2,1,3H3,(H,16,22)/b8-7+,12-10+. The fraction of sp³-hybridized carbons (Fsp3) is 0.333. The van der Waals surface area contributed by atoms with Gasteiger partial charge in [-0.2, -0.15) is 5.10 Å². The van der Waals surface area contributed by atoms with E-state index in [9.17, 15) is 9.59 Å². The second kappa shape index (κ2) is 8.89. The molecular weight excluding hydrogens is 302 g/mol. The van der Waals surface area contributed by atoms with Crippen LogP contribution in [0.1, 0.15) is 19.8 Å². The van der Waals surface area contributed by atoms with Crippen LogP contribution in [0, 0.1) is 0 Å². The molecule has 118 valence electrons. The van der Waals surface area contributed by atoms with Crippen LogP contribution in [-0.2, 0) is 14.3 Å². The van der Waals surface area contributed by atoms with Crippen LogP contribution in [0.3, 0.4) is 0 Å². The van der Waals surface area contributed by atoms with E-state index in [1.165, 1.54) is 12.1 Å². The van der Waals surface area contributed by atoms with Crippen LogP contribution in [0.4, 0.5) is 0 Å². The first-order chi connectivity index (χ1) is 10.5. The van der Waals surface area contributed by atoms with E-state index in [1.807, 2.05) is 13.0 Å². The predicted molar refractivity (Wildman–Crippen MR) is 89.2 cm³/mol. The molecule has 0 aliphatic carbocycles. The van der Waals surface area contributed by atoms with Gasteiger partial charge in [-0.25, -0.2) is 9.80 Å². The molecule has 0 aromatic rings. The van der Waals surface area contributed by atoms with E-state index in [1.54, 1.807) is 12.2 Å². The highest BCUT2D eigenvalue weighted by molar-refractivity contribution is 7.80. The van der Waals surface area contributed by atoms with Gasteiger partial charge in [-0.3, -0.25) is 4.79 Å². The lowest BCUT2D eigenvalue weighted by molar-refractivity contribution is -0.135. The van der Waals surface area contributed by atoms with E-state index < -0.39 is 5.97 Å². The lowest BCUT2D eigenvalue weighted by Crippen LogP contribution is -2.35. The number of carbonyl (C=O) groups excluding carboxylic acids is 2. The first-order valence-corrected chi connectivity index (χ1v) is 7.24. The molecule has 0 amide bonds. The summed E-state index contributed by atoms with van der Waals surface area (Å²) in [6.45, 7) is 6.03. The van der Waals surface area contributed by atoms with Crippen molar-refractivity contribution >= 4 is 34.8 Å². The molecule has 0 saturated heterocycles. The van der Waals surface area contributed by atoms with Gasteiger partial charge >= 0.3 is 5.97 Å². The van der Waals surface area contributed by atoms with Crippen molar-refractivity contribution in [2.45, 2.75) is 19.8 Å². The van der Waals surface area contributed by atoms with Crippen molar-refractivity contribution < 1.29 is 14.3 Å². The summed E-state index contributed by atoms with van der Waals surface area (Å²) < 4.78 is 4.56. The Morgan fingerprint density at radius 2 is 2.27 bits per heavy atom. The van der Waals surface area contributed by atoms with E-state index >= 15 is 0 Å². The van der Waals surface area contributed by atoms with Crippen LogP contribution in [0.5, 0.6) is 0 Å². The Morgan fingerprint density at radius 3 is 2.86 bits per heavy atom. The first kappa shape index (κ1) is 17.8. The second-order valence-electron chi connectivity index (χ2n) is 4.34. The van der Waals surface area contributed by atoms with Gasteiger partial charge in [0, 0.05) is 6.54 Å². The molecule has 1 heterocycles. The molecule has 1 rings (SSSR count). The number of nitrogens with zero attached hydrogens (tertiary/aromatic N) is 2. The molecule has 7 heteroatoms. The highest BCUT2D eigenvalue weighted by atomic mass is 32.1. The highest BCUT2D eigenvalue weighted by Gasteiger charge is 2.31. The minimum atomic E-state index is -0.645. The lowest BCUT2D eigenvalue weighted by Gasteiger charge is -2.16. The third-order valence-corrected chi connectivity index (χ3v) is 3.00. The number of unbranched alkanes of at least 4 members (excludes halogenated alkanes) is 1. The molecule has 0 radical (unpaired) electrons. The number of ether oxygens (including phenoxy) is 1. The van der Waals surface area contributed by atoms with Crippen molar-refractivity contribution in [3.63, 3.8) is 0 Å². The maximum absolute atomic E-state index is 12.3. The van der Waals surface area contributed by atoms with E-state index in [-0.39, 0.29) is 22.3 Å². The number of Topliss-reactive ketones (excluding diaryl/α,β-unsaturated/α-hetero) is 1. The van der Waals surface area contributed by atoms with Gasteiger partial charge in [0.25, 0.3) is 0 Å². The Balaban J connectivity index is 3.06. The lowest BCUT2D eigenvalue weighted by atomic mass is 10.1. The van der Waals surface area contributed by atoms with E-state index in [0.29, 0.717) is 6.54 Å². The minimum Gasteiger partial charge on any atom is -0.466 e. The summed E-state index contributed by atoms with van der Waals surface area (Å²) in [7, 11) is 1.24. The molecule has 0 spiro atoms. The number of ketones is 1. The Bertz CT molecular complexity index is 564. The van der Waals surface area contributed by atoms with Gasteiger partial charge in [0.05, 0.1) is 13.2 Å². The van der Waals surface area contributed by atoms with Crippen molar-refractivity contribution in [3.05, 3.63) is 36.6 Å². The van der Waals surface area contributed by atoms with Crippen LogP contribution in [-0.4, -0.2) is 41.2 Å². The molecule has 1 N–H and O–H groups in total. The Labute approximate surface area is 135 Å². The molecule has 1 aliphatic rings. The van der Waals surface area contributed by atoms with Gasteiger partial charge in [-0.15, -0.1) is 6.58 Å². The minimum absolute atomic E-state index is 0.0598. The molecule has 0 aromatic carbocycles. The van der Waals surface area contributed by atoms with E-state index in [0.717, 1.165) is 18.9 Å². The average Bonchev–Trinajstić information content (AvgIpc) is 2.82. The Morgan fingerprint density at radius 1 is 1.55 bits per heavy atom. The maximum atomic E-state index is 12.3. The number of hydrazone groups is 1. The third kappa shape index (κ3) is 4.63. The molecule has 0 fully saturated rings. The van der Waals surface area contributed by atoms with Gasteiger partial charge in [-0.05, 0) is 24.7 Å². The number of carbonyl (C=O) groups is 2. The van der Waals surface area contributed by atoms with Gasteiger partial charge < -0.3 is 10.1 Å². The maximum Gasteiger partial charge on any atom is 0.332 e. The summed E-state index contributed by atoms with van der Waals surface area (Å²) in [6.07, 6.45) is 7.99. The fourth-order valence-electron chi connectivity index (χ4n) is 1.59. The summed E-state index contributed by atoms with van der Waals surface area (Å²) in [6, 6.07) is 0. The summed E-state index contributed by atoms with van der Waals surface area (Å²) in [5.74, 6) is -1.02. The van der Waals surface area contributed by atoms with E-state index in [4.69, 9.17) is 12.2 Å². The number of hydrogen-bond donors (Lipinski definition) is 1. The quantitative estimate of drug-likeness (QED) is 0.347. The zero-order valence-corrected chi connectivity index (χ0v) is 13.5. The zero-order chi connectivity index (χ0) is 16.5. The van der Waals surface area contributed by atoms with Crippen LogP contribution < -0.4 is 5.32 Å². The molecule has 0 bridgehead atoms. The monoisotopic (exact) mass is 321 g/mol. The molecule has 1 aliphatic heterocycles. The van der Waals surface area contributed by atoms with Crippen molar-refractivity contribution in [1.29, 1.82) is 0 Å². The van der Waals surface area contributed by atoms with Gasteiger partial charge in [0.1, 0.15) is 11.4 Å². The smallest absolute Gasteiger partial charge is 0.332 e. The Hall–Kier alpha value is -2.28. The topological polar surface area (TPSA) is 71.0 Å². The first-order valence-electron chi connectivity index (χ1n) is 6.83. The number of thiocarbonyl (C=S) groups is 1. The number of rotatable bonds is 6. The zero-order valence-electron chi connectivity index (χ0n) is 12.7. The summed E-state index contributed by atoms with van der Waals surface area (Å²) in [4.78, 5) is 23.8. The van der Waals surface area contributed by atoms with Crippen molar-refractivity contribution in [2.75, 3.05) is 13.7 Å². The predicted octanol–water partition coefficient (Wildman–Crippen LogP) is 1.70. The van der Waals surface area contributed by atoms with Crippen molar-refractivity contribution in [2.24, 2.45) is 5.10 Å². The second-order valence-corrected chi connectivity index (χ2v) is 4.73. The average molecular weight is 321 g/mol. The number of esters is 1. The summed E-state index contributed by atoms with van der Waals surface area (Å²) in [5.41, 5.74) is 0.288. The van der Waals surface area contributed by atoms with Crippen molar-refractivity contribution in [3.8, 4) is 0 Å². The SMILES string of the molecule is C=CCNC(=S)N1N=C(/C=C/CCC)C(=O)/C1=C\C(=O)OC. The number of allylic oxidation sites excluding steroid dienone is 3. The fourth-order valence-corrected chi connectivity index (χ4v) is 1.81. The molecule has 6 nitrogen and oxygen atoms in total. The molecular formula is C15H19N3O3S. The van der Waals surface area contributed by atoms with Crippen molar-refractivity contribution in [1.82, 2.24) is 10.3 Å². The number of methoxy groups -OCH3 is 1. The highest BCUT2D eigenvalue weighted by Crippen LogP contribution is 2.17. The number of nitrogens with one attached hydrogen (secondary N) is 1. The largest absolute Gasteiger partial charge is 0.466 e. The van der Waals surface area contributed by atoms with Crippen LogP contribution in [0.2, 0.25) is 0 Å². The normalized spacial score (nSPS) is 16.1. The molecule has 0 unspecified atom stereocenters. The van der Waals surface area contributed by atoms with Crippen LogP contribution in [0.15, 0.2) is 41.7 Å².